The van der Waals surface area contributed by atoms with Gasteiger partial charge in [-0.25, -0.2) is 0 Å². The van der Waals surface area contributed by atoms with E-state index in [4.69, 9.17) is 0 Å². The minimum absolute atomic E-state index is 0.00607. The maximum Gasteiger partial charge on any atom is 0.236 e. The smallest absolute Gasteiger partial charge is 0.236 e. The Morgan fingerprint density at radius 1 is 1.69 bits per heavy atom. The van der Waals surface area contributed by atoms with Gasteiger partial charge in [0.2, 0.25) is 5.91 Å². The van der Waals surface area contributed by atoms with Gasteiger partial charge in [0.15, 0.2) is 0 Å². The van der Waals surface area contributed by atoms with E-state index in [1.165, 1.54) is 0 Å². The van der Waals surface area contributed by atoms with Gasteiger partial charge in [-0.1, -0.05) is 0 Å². The lowest BCUT2D eigenvalue weighted by molar-refractivity contribution is -0.122. The predicted octanol–water partition coefficient (Wildman–Crippen LogP) is 0.239. The number of rotatable bonds is 4. The van der Waals surface area contributed by atoms with Crippen LogP contribution in [0.5, 0.6) is 0 Å². The number of nitrogens with one attached hydrogen (secondary N) is 3. The van der Waals surface area contributed by atoms with Crippen LogP contribution in [0.15, 0.2) is 18.3 Å². The Morgan fingerprint density at radius 2 is 2.46 bits per heavy atom. The van der Waals surface area contributed by atoms with Crippen molar-refractivity contribution in [1.29, 1.82) is 0 Å². The van der Waals surface area contributed by atoms with Crippen molar-refractivity contribution in [2.24, 2.45) is 0 Å². The summed E-state index contributed by atoms with van der Waals surface area (Å²) in [6.07, 6.45) is 1.86. The molecule has 72 valence electrons. The Labute approximate surface area is 77.7 Å². The molecule has 1 unspecified atom stereocenters. The van der Waals surface area contributed by atoms with Gasteiger partial charge in [0.05, 0.1) is 6.04 Å². The van der Waals surface area contributed by atoms with Gasteiger partial charge in [0.1, 0.15) is 0 Å². The fourth-order valence-corrected chi connectivity index (χ4v) is 1.05. The van der Waals surface area contributed by atoms with E-state index in [9.17, 15) is 4.79 Å². The van der Waals surface area contributed by atoms with Gasteiger partial charge in [-0.05, 0) is 19.1 Å². The van der Waals surface area contributed by atoms with Crippen LogP contribution in [0.25, 0.3) is 0 Å². The SMILES string of the molecule is CNC(=O)C(C)NCc1ccc[nH]1. The van der Waals surface area contributed by atoms with Gasteiger partial charge in [0.25, 0.3) is 0 Å². The van der Waals surface area contributed by atoms with Crippen LogP contribution in [0.2, 0.25) is 0 Å². The van der Waals surface area contributed by atoms with Crippen molar-refractivity contribution in [2.45, 2.75) is 19.5 Å². The molecule has 0 saturated heterocycles. The Kier molecular flexibility index (Phi) is 3.52. The summed E-state index contributed by atoms with van der Waals surface area (Å²) in [4.78, 5) is 14.1. The van der Waals surface area contributed by atoms with Crippen molar-refractivity contribution < 1.29 is 4.79 Å². The molecule has 3 N–H and O–H groups in total. The van der Waals surface area contributed by atoms with Gasteiger partial charge in [-0.3, -0.25) is 4.79 Å². The van der Waals surface area contributed by atoms with Crippen LogP contribution in [0.3, 0.4) is 0 Å². The molecule has 4 heteroatoms. The Morgan fingerprint density at radius 3 is 3.00 bits per heavy atom. The summed E-state index contributed by atoms with van der Waals surface area (Å²) in [5, 5.41) is 5.68. The number of carbonyl (C=O) groups excluding carboxylic acids is 1. The Bertz CT molecular complexity index is 256. The number of aromatic nitrogens is 1. The van der Waals surface area contributed by atoms with Crippen LogP contribution >= 0.6 is 0 Å². The molecule has 0 fully saturated rings. The lowest BCUT2D eigenvalue weighted by atomic mass is 10.3. The molecule has 1 aromatic heterocycles. The second-order valence-corrected chi connectivity index (χ2v) is 2.91. The van der Waals surface area contributed by atoms with E-state index in [0.29, 0.717) is 6.54 Å². The minimum Gasteiger partial charge on any atom is -0.364 e. The first-order chi connectivity index (χ1) is 6.24. The number of hydrogen-bond acceptors (Lipinski definition) is 2. The molecule has 0 saturated carbocycles. The largest absolute Gasteiger partial charge is 0.364 e. The molecule has 0 aliphatic carbocycles. The molecular weight excluding hydrogens is 166 g/mol. The highest BCUT2D eigenvalue weighted by Crippen LogP contribution is 1.94. The zero-order valence-corrected chi connectivity index (χ0v) is 7.92. The first-order valence-corrected chi connectivity index (χ1v) is 4.31. The quantitative estimate of drug-likeness (QED) is 0.623. The summed E-state index contributed by atoms with van der Waals surface area (Å²) in [5.74, 6) is 0.00607. The van der Waals surface area contributed by atoms with Crippen LogP contribution in [-0.4, -0.2) is 24.0 Å². The lowest BCUT2D eigenvalue weighted by Gasteiger charge is -2.10. The van der Waals surface area contributed by atoms with E-state index in [1.807, 2.05) is 25.3 Å². The molecule has 1 atom stereocenters. The molecular formula is C9H15N3O. The summed E-state index contributed by atoms with van der Waals surface area (Å²) in [5.41, 5.74) is 1.08. The molecule has 13 heavy (non-hydrogen) atoms. The molecule has 0 aliphatic rings. The molecule has 0 spiro atoms. The van der Waals surface area contributed by atoms with Crippen molar-refractivity contribution in [1.82, 2.24) is 15.6 Å². The summed E-state index contributed by atoms with van der Waals surface area (Å²) in [6, 6.07) is 3.75. The summed E-state index contributed by atoms with van der Waals surface area (Å²) >= 11 is 0. The van der Waals surface area contributed by atoms with Crippen molar-refractivity contribution >= 4 is 5.91 Å². The zero-order chi connectivity index (χ0) is 9.68. The third-order valence-corrected chi connectivity index (χ3v) is 1.90. The van der Waals surface area contributed by atoms with Crippen molar-refractivity contribution in [3.63, 3.8) is 0 Å². The third kappa shape index (κ3) is 2.91. The average molecular weight is 181 g/mol. The molecule has 1 rings (SSSR count). The fraction of sp³-hybridized carbons (Fsp3) is 0.444. The molecule has 0 radical (unpaired) electrons. The summed E-state index contributed by atoms with van der Waals surface area (Å²) < 4.78 is 0. The highest BCUT2D eigenvalue weighted by molar-refractivity contribution is 5.80. The maximum atomic E-state index is 11.1. The number of carbonyl (C=O) groups is 1. The highest BCUT2D eigenvalue weighted by atomic mass is 16.2. The molecule has 1 amide bonds. The Balaban J connectivity index is 2.30. The van der Waals surface area contributed by atoms with E-state index in [0.717, 1.165) is 5.69 Å². The van der Waals surface area contributed by atoms with Gasteiger partial charge >= 0.3 is 0 Å². The lowest BCUT2D eigenvalue weighted by Crippen LogP contribution is -2.40. The van der Waals surface area contributed by atoms with E-state index >= 15 is 0 Å². The second-order valence-electron chi connectivity index (χ2n) is 2.91. The minimum atomic E-state index is -0.159. The Hall–Kier alpha value is -1.29. The van der Waals surface area contributed by atoms with Gasteiger partial charge in [0, 0.05) is 25.5 Å². The van der Waals surface area contributed by atoms with Crippen molar-refractivity contribution in [3.8, 4) is 0 Å². The number of aromatic amines is 1. The molecule has 0 bridgehead atoms. The van der Waals surface area contributed by atoms with Crippen LogP contribution < -0.4 is 10.6 Å². The first-order valence-electron chi connectivity index (χ1n) is 4.31. The average Bonchev–Trinajstić information content (AvgIpc) is 2.65. The zero-order valence-electron chi connectivity index (χ0n) is 7.92. The molecule has 0 aromatic carbocycles. The third-order valence-electron chi connectivity index (χ3n) is 1.90. The van der Waals surface area contributed by atoms with Crippen LogP contribution in [0.4, 0.5) is 0 Å². The maximum absolute atomic E-state index is 11.1. The molecule has 1 heterocycles. The van der Waals surface area contributed by atoms with Gasteiger partial charge < -0.3 is 15.6 Å². The number of H-pyrrole nitrogens is 1. The monoisotopic (exact) mass is 181 g/mol. The van der Waals surface area contributed by atoms with E-state index in [1.54, 1.807) is 7.05 Å². The molecule has 0 aliphatic heterocycles. The predicted molar refractivity (Wildman–Crippen MR) is 51.2 cm³/mol. The number of hydrogen-bond donors (Lipinski definition) is 3. The molecule has 4 nitrogen and oxygen atoms in total. The fourth-order valence-electron chi connectivity index (χ4n) is 1.05. The summed E-state index contributed by atoms with van der Waals surface area (Å²) in [6.45, 7) is 2.52. The van der Waals surface area contributed by atoms with Crippen molar-refractivity contribution in [2.75, 3.05) is 7.05 Å². The van der Waals surface area contributed by atoms with Gasteiger partial charge in [-0.2, -0.15) is 0 Å². The standard InChI is InChI=1S/C9H15N3O/c1-7(9(13)10-2)12-6-8-4-3-5-11-8/h3-5,7,11-12H,6H2,1-2H3,(H,10,13). The summed E-state index contributed by atoms with van der Waals surface area (Å²) in [7, 11) is 1.63. The van der Waals surface area contributed by atoms with Crippen LogP contribution in [0.1, 0.15) is 12.6 Å². The normalized spacial score (nSPS) is 12.5. The van der Waals surface area contributed by atoms with E-state index < -0.39 is 0 Å². The van der Waals surface area contributed by atoms with Crippen molar-refractivity contribution in [3.05, 3.63) is 24.0 Å². The topological polar surface area (TPSA) is 56.9 Å². The van der Waals surface area contributed by atoms with Crippen LogP contribution in [0, 0.1) is 0 Å². The first kappa shape index (κ1) is 9.80. The second kappa shape index (κ2) is 4.67. The highest BCUT2D eigenvalue weighted by Gasteiger charge is 2.08. The molecule has 1 aromatic rings. The van der Waals surface area contributed by atoms with E-state index in [2.05, 4.69) is 15.6 Å². The number of amides is 1. The van der Waals surface area contributed by atoms with Crippen LogP contribution in [-0.2, 0) is 11.3 Å². The van der Waals surface area contributed by atoms with Gasteiger partial charge in [-0.15, -0.1) is 0 Å². The number of likely N-dealkylation sites (N-methyl/N-ethyl adjacent to an activating group) is 1. The van der Waals surface area contributed by atoms with E-state index in [-0.39, 0.29) is 11.9 Å².